The molecule has 18 heavy (non-hydrogen) atoms. The van der Waals surface area contributed by atoms with E-state index >= 15 is 0 Å². The van der Waals surface area contributed by atoms with Crippen LogP contribution in [0.5, 0.6) is 0 Å². The number of nitrogens with zero attached hydrogens (tertiary/aromatic N) is 3. The van der Waals surface area contributed by atoms with Crippen molar-refractivity contribution < 1.29 is 4.79 Å². The van der Waals surface area contributed by atoms with Gasteiger partial charge < -0.3 is 10.6 Å². The average Bonchev–Trinajstić information content (AvgIpc) is 2.70. The summed E-state index contributed by atoms with van der Waals surface area (Å²) in [6, 6.07) is 1.84. The standard InChI is InChI=1S/C12H20N4OS/c1-4-9-8-10(15(3)14-9)12(17)16(5-2)7-6-11(13)18/h8H,4-7H2,1-3H3,(H2,13,18). The van der Waals surface area contributed by atoms with Gasteiger partial charge in [0.25, 0.3) is 5.91 Å². The fraction of sp³-hybridized carbons (Fsp3) is 0.583. The Morgan fingerprint density at radius 3 is 2.67 bits per heavy atom. The summed E-state index contributed by atoms with van der Waals surface area (Å²) in [5.74, 6) is -0.0246. The number of rotatable bonds is 6. The molecule has 0 radical (unpaired) electrons. The largest absolute Gasteiger partial charge is 0.393 e. The van der Waals surface area contributed by atoms with Crippen molar-refractivity contribution >= 4 is 23.1 Å². The molecular formula is C12H20N4OS. The predicted octanol–water partition coefficient (Wildman–Crippen LogP) is 1.12. The zero-order valence-electron chi connectivity index (χ0n) is 11.1. The zero-order valence-corrected chi connectivity index (χ0v) is 12.0. The van der Waals surface area contributed by atoms with Gasteiger partial charge in [-0.15, -0.1) is 0 Å². The lowest BCUT2D eigenvalue weighted by molar-refractivity contribution is 0.0758. The highest BCUT2D eigenvalue weighted by molar-refractivity contribution is 7.80. The summed E-state index contributed by atoms with van der Waals surface area (Å²) < 4.78 is 1.63. The van der Waals surface area contributed by atoms with Crippen LogP contribution in [0.25, 0.3) is 0 Å². The van der Waals surface area contributed by atoms with Gasteiger partial charge in [0.15, 0.2) is 0 Å². The Kier molecular flexibility index (Phi) is 5.27. The summed E-state index contributed by atoms with van der Waals surface area (Å²) in [6.07, 6.45) is 1.37. The van der Waals surface area contributed by atoms with Crippen LogP contribution < -0.4 is 5.73 Å². The summed E-state index contributed by atoms with van der Waals surface area (Å²) in [5.41, 5.74) is 7.00. The first-order chi connectivity index (χ1) is 8.49. The number of aromatic nitrogens is 2. The first kappa shape index (κ1) is 14.6. The van der Waals surface area contributed by atoms with Crippen LogP contribution in [0.1, 0.15) is 36.5 Å². The van der Waals surface area contributed by atoms with Crippen molar-refractivity contribution in [2.45, 2.75) is 26.7 Å². The maximum atomic E-state index is 12.3. The Hall–Kier alpha value is -1.43. The van der Waals surface area contributed by atoms with E-state index < -0.39 is 0 Å². The SMILES string of the molecule is CCc1cc(C(=O)N(CC)CCC(N)=S)n(C)n1. The third-order valence-corrected chi connectivity index (χ3v) is 3.01. The molecule has 0 bridgehead atoms. The van der Waals surface area contributed by atoms with Crippen LogP contribution in [0.4, 0.5) is 0 Å². The molecule has 5 nitrogen and oxygen atoms in total. The van der Waals surface area contributed by atoms with Gasteiger partial charge in [-0.25, -0.2) is 0 Å². The summed E-state index contributed by atoms with van der Waals surface area (Å²) in [4.78, 5) is 14.5. The van der Waals surface area contributed by atoms with Crippen LogP contribution in [-0.2, 0) is 13.5 Å². The van der Waals surface area contributed by atoms with Gasteiger partial charge in [-0.3, -0.25) is 9.48 Å². The number of carbonyl (C=O) groups is 1. The number of nitrogens with two attached hydrogens (primary N) is 1. The summed E-state index contributed by atoms with van der Waals surface area (Å²) in [7, 11) is 1.79. The third-order valence-electron chi connectivity index (χ3n) is 2.81. The Morgan fingerprint density at radius 2 is 2.22 bits per heavy atom. The second kappa shape index (κ2) is 6.49. The Morgan fingerprint density at radius 1 is 1.56 bits per heavy atom. The van der Waals surface area contributed by atoms with Gasteiger partial charge in [0.1, 0.15) is 5.69 Å². The van der Waals surface area contributed by atoms with Gasteiger partial charge in [0, 0.05) is 26.6 Å². The molecule has 1 aromatic heterocycles. The molecule has 0 unspecified atom stereocenters. The van der Waals surface area contributed by atoms with E-state index in [9.17, 15) is 4.79 Å². The molecule has 1 rings (SSSR count). The highest BCUT2D eigenvalue weighted by Crippen LogP contribution is 2.08. The molecule has 0 aliphatic heterocycles. The van der Waals surface area contributed by atoms with E-state index in [-0.39, 0.29) is 5.91 Å². The Bertz CT molecular complexity index is 441. The fourth-order valence-corrected chi connectivity index (χ4v) is 1.80. The van der Waals surface area contributed by atoms with Gasteiger partial charge in [0.2, 0.25) is 0 Å². The van der Waals surface area contributed by atoms with Gasteiger partial charge in [-0.2, -0.15) is 5.10 Å². The summed E-state index contributed by atoms with van der Waals surface area (Å²) in [6.45, 7) is 5.14. The van der Waals surface area contributed by atoms with E-state index in [0.717, 1.165) is 12.1 Å². The lowest BCUT2D eigenvalue weighted by atomic mass is 10.2. The van der Waals surface area contributed by atoms with Crippen molar-refractivity contribution in [2.75, 3.05) is 13.1 Å². The van der Waals surface area contributed by atoms with Crippen molar-refractivity contribution in [3.05, 3.63) is 17.5 Å². The quantitative estimate of drug-likeness (QED) is 0.785. The van der Waals surface area contributed by atoms with E-state index in [1.54, 1.807) is 16.6 Å². The molecule has 0 aliphatic carbocycles. The molecule has 0 aromatic carbocycles. The van der Waals surface area contributed by atoms with E-state index in [2.05, 4.69) is 5.10 Å². The zero-order chi connectivity index (χ0) is 13.7. The van der Waals surface area contributed by atoms with E-state index in [1.165, 1.54) is 0 Å². The van der Waals surface area contributed by atoms with E-state index in [0.29, 0.717) is 30.2 Å². The first-order valence-corrected chi connectivity index (χ1v) is 6.50. The molecule has 0 aliphatic rings. The van der Waals surface area contributed by atoms with Crippen LogP contribution in [0.2, 0.25) is 0 Å². The molecule has 0 spiro atoms. The minimum atomic E-state index is -0.0246. The average molecular weight is 268 g/mol. The first-order valence-electron chi connectivity index (χ1n) is 6.10. The van der Waals surface area contributed by atoms with Crippen LogP contribution in [0, 0.1) is 0 Å². The van der Waals surface area contributed by atoms with Crippen LogP contribution in [0.15, 0.2) is 6.07 Å². The third kappa shape index (κ3) is 3.53. The highest BCUT2D eigenvalue weighted by Gasteiger charge is 2.18. The summed E-state index contributed by atoms with van der Waals surface area (Å²) in [5, 5.41) is 4.28. The van der Waals surface area contributed by atoms with Crippen LogP contribution in [0.3, 0.4) is 0 Å². The number of hydrogen-bond donors (Lipinski definition) is 1. The fourth-order valence-electron chi connectivity index (χ4n) is 1.71. The number of hydrogen-bond acceptors (Lipinski definition) is 3. The maximum absolute atomic E-state index is 12.3. The predicted molar refractivity (Wildman–Crippen MR) is 75.6 cm³/mol. The van der Waals surface area contributed by atoms with Crippen molar-refractivity contribution in [1.29, 1.82) is 0 Å². The topological polar surface area (TPSA) is 64.2 Å². The van der Waals surface area contributed by atoms with Crippen molar-refractivity contribution in [1.82, 2.24) is 14.7 Å². The number of aryl methyl sites for hydroxylation is 2. The molecule has 0 atom stereocenters. The normalized spacial score (nSPS) is 10.4. The summed E-state index contributed by atoms with van der Waals surface area (Å²) >= 11 is 4.84. The number of amides is 1. The lowest BCUT2D eigenvalue weighted by Crippen LogP contribution is -2.34. The Labute approximate surface area is 113 Å². The molecule has 1 amide bonds. The molecule has 0 saturated heterocycles. The van der Waals surface area contributed by atoms with E-state index in [1.807, 2.05) is 19.9 Å². The smallest absolute Gasteiger partial charge is 0.272 e. The molecular weight excluding hydrogens is 248 g/mol. The van der Waals surface area contributed by atoms with E-state index in [4.69, 9.17) is 18.0 Å². The second-order valence-corrected chi connectivity index (χ2v) is 4.62. The van der Waals surface area contributed by atoms with Gasteiger partial charge in [-0.1, -0.05) is 19.1 Å². The van der Waals surface area contributed by atoms with Gasteiger partial charge in [-0.05, 0) is 19.4 Å². The minimum absolute atomic E-state index is 0.0246. The van der Waals surface area contributed by atoms with Gasteiger partial charge >= 0.3 is 0 Å². The maximum Gasteiger partial charge on any atom is 0.272 e. The van der Waals surface area contributed by atoms with Crippen molar-refractivity contribution in [2.24, 2.45) is 12.8 Å². The lowest BCUT2D eigenvalue weighted by Gasteiger charge is -2.20. The second-order valence-electron chi connectivity index (χ2n) is 4.10. The van der Waals surface area contributed by atoms with Crippen molar-refractivity contribution in [3.63, 3.8) is 0 Å². The van der Waals surface area contributed by atoms with Gasteiger partial charge in [0.05, 0.1) is 10.7 Å². The minimum Gasteiger partial charge on any atom is -0.393 e. The number of carbonyl (C=O) groups excluding carboxylic acids is 1. The molecule has 0 saturated carbocycles. The molecule has 2 N–H and O–H groups in total. The van der Waals surface area contributed by atoms with Crippen LogP contribution in [-0.4, -0.2) is 38.7 Å². The molecule has 1 heterocycles. The number of thiocarbonyl (C=S) groups is 1. The monoisotopic (exact) mass is 268 g/mol. The molecule has 1 aromatic rings. The molecule has 6 heteroatoms. The highest BCUT2D eigenvalue weighted by atomic mass is 32.1. The van der Waals surface area contributed by atoms with Crippen LogP contribution >= 0.6 is 12.2 Å². The molecule has 0 fully saturated rings. The molecule has 100 valence electrons. The Balaban J connectivity index is 2.82. The van der Waals surface area contributed by atoms with Crippen molar-refractivity contribution in [3.8, 4) is 0 Å².